The smallest absolute Gasteiger partial charge is 0.253 e. The Morgan fingerprint density at radius 1 is 0.822 bits per heavy atom. The highest BCUT2D eigenvalue weighted by Gasteiger charge is 2.51. The van der Waals surface area contributed by atoms with Gasteiger partial charge in [-0.2, -0.15) is 0 Å². The number of nitrogens with zero attached hydrogens (tertiary/aromatic N) is 3. The van der Waals surface area contributed by atoms with Crippen LogP contribution in [0, 0.1) is 23.2 Å². The normalized spacial score (nSPS) is 25.8. The Balaban J connectivity index is 0.929. The number of carbonyl (C=O) groups is 1. The molecule has 238 valence electrons. The minimum Gasteiger partial charge on any atom is -0.494 e. The van der Waals surface area contributed by atoms with Crippen molar-refractivity contribution in [3.8, 4) is 16.9 Å². The van der Waals surface area contributed by atoms with Crippen LogP contribution in [0.15, 0.2) is 66.7 Å². The summed E-state index contributed by atoms with van der Waals surface area (Å²) in [7, 11) is 2.03. The van der Waals surface area contributed by atoms with Gasteiger partial charge in [0, 0.05) is 57.6 Å². The fraction of sp³-hybridized carbons (Fsp3) is 0.525. The lowest BCUT2D eigenvalue weighted by Gasteiger charge is -2.57. The Hall–Kier alpha value is -3.31. The Bertz CT molecular complexity index is 1450. The van der Waals surface area contributed by atoms with Gasteiger partial charge in [0.2, 0.25) is 0 Å². The van der Waals surface area contributed by atoms with E-state index in [-0.39, 0.29) is 5.91 Å². The quantitative estimate of drug-likeness (QED) is 0.235. The molecule has 4 bridgehead atoms. The molecule has 0 radical (unpaired) electrons. The van der Waals surface area contributed by atoms with Crippen molar-refractivity contribution in [1.29, 1.82) is 0 Å². The van der Waals surface area contributed by atoms with E-state index in [0.717, 1.165) is 74.8 Å². The number of hydrogen-bond acceptors (Lipinski definition) is 4. The minimum atomic E-state index is 0.182. The molecule has 5 fully saturated rings. The second-order valence-corrected chi connectivity index (χ2v) is 14.7. The predicted octanol–water partition coefficient (Wildman–Crippen LogP) is 7.93. The van der Waals surface area contributed by atoms with Crippen LogP contribution in [0.1, 0.15) is 73.9 Å². The number of piperazine rings is 1. The van der Waals surface area contributed by atoms with Gasteiger partial charge in [0.25, 0.3) is 5.91 Å². The number of hydrogen-bond donors (Lipinski definition) is 0. The maximum absolute atomic E-state index is 13.5. The Morgan fingerprint density at radius 3 is 2.13 bits per heavy atom. The third-order valence-electron chi connectivity index (χ3n) is 11.4. The Morgan fingerprint density at radius 2 is 1.49 bits per heavy atom. The van der Waals surface area contributed by atoms with E-state index in [1.165, 1.54) is 66.5 Å². The van der Waals surface area contributed by atoms with Crippen LogP contribution >= 0.6 is 0 Å². The van der Waals surface area contributed by atoms with Crippen LogP contribution in [-0.4, -0.2) is 62.1 Å². The van der Waals surface area contributed by atoms with Gasteiger partial charge in [-0.25, -0.2) is 0 Å². The maximum atomic E-state index is 13.5. The molecule has 1 aliphatic heterocycles. The van der Waals surface area contributed by atoms with Crippen LogP contribution in [0.4, 0.5) is 5.69 Å². The molecule has 0 atom stereocenters. The van der Waals surface area contributed by atoms with Crippen molar-refractivity contribution in [3.05, 3.63) is 83.4 Å². The number of ether oxygens (including phenoxy) is 1. The molecule has 4 saturated carbocycles. The van der Waals surface area contributed by atoms with Crippen LogP contribution in [-0.2, 0) is 13.0 Å². The highest BCUT2D eigenvalue weighted by Crippen LogP contribution is 2.60. The lowest BCUT2D eigenvalue weighted by atomic mass is 9.49. The van der Waals surface area contributed by atoms with Crippen LogP contribution in [0.25, 0.3) is 11.1 Å². The van der Waals surface area contributed by atoms with Crippen molar-refractivity contribution < 1.29 is 9.53 Å². The van der Waals surface area contributed by atoms with Crippen molar-refractivity contribution in [2.45, 2.75) is 65.3 Å². The molecule has 3 aromatic carbocycles. The molecule has 1 saturated heterocycles. The van der Waals surface area contributed by atoms with Crippen LogP contribution < -0.4 is 9.64 Å². The fourth-order valence-corrected chi connectivity index (χ4v) is 9.72. The number of benzene rings is 3. The third-order valence-corrected chi connectivity index (χ3v) is 11.4. The van der Waals surface area contributed by atoms with Crippen LogP contribution in [0.5, 0.6) is 5.75 Å². The largest absolute Gasteiger partial charge is 0.494 e. The minimum absolute atomic E-state index is 0.182. The summed E-state index contributed by atoms with van der Waals surface area (Å²) in [5.41, 5.74) is 7.74. The van der Waals surface area contributed by atoms with E-state index in [4.69, 9.17) is 4.74 Å². The summed E-state index contributed by atoms with van der Waals surface area (Å²) in [4.78, 5) is 20.6. The van der Waals surface area contributed by atoms with Crippen molar-refractivity contribution in [2.75, 3.05) is 51.3 Å². The first-order valence-electron chi connectivity index (χ1n) is 17.6. The molecule has 1 amide bonds. The highest BCUT2D eigenvalue weighted by molar-refractivity contribution is 5.94. The number of amides is 1. The van der Waals surface area contributed by atoms with E-state index in [9.17, 15) is 4.79 Å². The maximum Gasteiger partial charge on any atom is 0.253 e. The molecule has 5 nitrogen and oxygen atoms in total. The van der Waals surface area contributed by atoms with E-state index >= 15 is 0 Å². The number of rotatable bonds is 10. The van der Waals surface area contributed by atoms with Gasteiger partial charge in [0.1, 0.15) is 5.75 Å². The summed E-state index contributed by atoms with van der Waals surface area (Å²) in [5, 5.41) is 0. The first-order valence-corrected chi connectivity index (χ1v) is 17.6. The van der Waals surface area contributed by atoms with Gasteiger partial charge < -0.3 is 14.5 Å². The second kappa shape index (κ2) is 12.8. The molecule has 0 N–H and O–H groups in total. The number of aryl methyl sites for hydroxylation is 1. The molecule has 3 aromatic rings. The zero-order valence-electron chi connectivity index (χ0n) is 27.6. The van der Waals surface area contributed by atoms with E-state index < -0.39 is 0 Å². The van der Waals surface area contributed by atoms with Crippen LogP contribution in [0.3, 0.4) is 0 Å². The van der Waals surface area contributed by atoms with Gasteiger partial charge in [-0.05, 0) is 134 Å². The van der Waals surface area contributed by atoms with E-state index in [1.54, 1.807) is 0 Å². The Labute approximate surface area is 270 Å². The first kappa shape index (κ1) is 30.3. The van der Waals surface area contributed by atoms with Crippen molar-refractivity contribution in [3.63, 3.8) is 0 Å². The van der Waals surface area contributed by atoms with E-state index in [2.05, 4.69) is 77.4 Å². The second-order valence-electron chi connectivity index (χ2n) is 14.7. The van der Waals surface area contributed by atoms with Gasteiger partial charge in [-0.1, -0.05) is 37.3 Å². The van der Waals surface area contributed by atoms with E-state index in [0.29, 0.717) is 12.0 Å². The zero-order chi connectivity index (χ0) is 31.0. The Kier molecular flexibility index (Phi) is 8.65. The molecule has 0 unspecified atom stereocenters. The average Bonchev–Trinajstić information content (AvgIpc) is 3.04. The lowest BCUT2D eigenvalue weighted by molar-refractivity contribution is -0.0629. The molecule has 0 spiro atoms. The molecular formula is C40H51N3O2. The van der Waals surface area contributed by atoms with Crippen LogP contribution in [0.2, 0.25) is 0 Å². The summed E-state index contributed by atoms with van der Waals surface area (Å²) in [6.07, 6.45) is 9.40. The monoisotopic (exact) mass is 605 g/mol. The van der Waals surface area contributed by atoms with Crippen molar-refractivity contribution >= 4 is 11.6 Å². The molecule has 45 heavy (non-hydrogen) atoms. The van der Waals surface area contributed by atoms with Gasteiger partial charge >= 0.3 is 0 Å². The number of carbonyl (C=O) groups excluding carboxylic acids is 1. The van der Waals surface area contributed by atoms with E-state index in [1.807, 2.05) is 24.9 Å². The summed E-state index contributed by atoms with van der Waals surface area (Å²) in [6, 6.07) is 23.8. The molecular weight excluding hydrogens is 554 g/mol. The number of anilines is 1. The molecule has 1 heterocycles. The summed E-state index contributed by atoms with van der Waals surface area (Å²) < 4.78 is 5.73. The molecule has 4 aliphatic carbocycles. The average molecular weight is 606 g/mol. The molecule has 8 rings (SSSR count). The fourth-order valence-electron chi connectivity index (χ4n) is 9.72. The standard InChI is InChI=1S/C40H51N3O2/c1-4-32-22-35(34-7-6-8-38(23-34)45-5-2)9-10-36(32)27-42-15-17-43(18-16-42)37-13-11-33(12-14-37)39(44)41(3)28-40-24-29-19-30(25-40)21-31(20-29)26-40/h6-14,22-23,29-31H,4-5,15-21,24-28H2,1-3H3. The summed E-state index contributed by atoms with van der Waals surface area (Å²) >= 11 is 0. The molecule has 0 aromatic heterocycles. The molecule has 5 heteroatoms. The lowest BCUT2D eigenvalue weighted by Crippen LogP contribution is -2.51. The van der Waals surface area contributed by atoms with Gasteiger partial charge in [0.15, 0.2) is 0 Å². The van der Waals surface area contributed by atoms with Gasteiger partial charge in [-0.3, -0.25) is 9.69 Å². The van der Waals surface area contributed by atoms with Crippen molar-refractivity contribution in [2.24, 2.45) is 23.2 Å². The van der Waals surface area contributed by atoms with Gasteiger partial charge in [-0.15, -0.1) is 0 Å². The SMILES string of the molecule is CCOc1cccc(-c2ccc(CN3CCN(c4ccc(C(=O)N(C)CC56CC7CC(CC(C7)C5)C6)cc4)CC3)c(CC)c2)c1. The summed E-state index contributed by atoms with van der Waals surface area (Å²) in [5.74, 6) is 3.87. The first-order chi connectivity index (χ1) is 21.9. The zero-order valence-corrected chi connectivity index (χ0v) is 27.6. The highest BCUT2D eigenvalue weighted by atomic mass is 16.5. The predicted molar refractivity (Wildman–Crippen MR) is 184 cm³/mol. The van der Waals surface area contributed by atoms with Crippen molar-refractivity contribution in [1.82, 2.24) is 9.80 Å². The molecule has 5 aliphatic rings. The summed E-state index contributed by atoms with van der Waals surface area (Å²) in [6.45, 7) is 11.0. The topological polar surface area (TPSA) is 36.0 Å². The third kappa shape index (κ3) is 6.52. The van der Waals surface area contributed by atoms with Gasteiger partial charge in [0.05, 0.1) is 6.61 Å².